The van der Waals surface area contributed by atoms with E-state index in [2.05, 4.69) is 15.9 Å². The predicted octanol–water partition coefficient (Wildman–Crippen LogP) is 4.60. The largest absolute Gasteiger partial charge is 0.449 e. The van der Waals surface area contributed by atoms with Crippen molar-refractivity contribution in [1.29, 1.82) is 0 Å². The zero-order valence-corrected chi connectivity index (χ0v) is 11.5. The van der Waals surface area contributed by atoms with Gasteiger partial charge in [-0.05, 0) is 46.6 Å². The van der Waals surface area contributed by atoms with Crippen LogP contribution in [0.4, 0.5) is 10.1 Å². The molecular formula is C13H9BrFNO3. The number of ether oxygens (including phenoxy) is 1. The fraction of sp³-hybridized carbons (Fsp3) is 0.0769. The first kappa shape index (κ1) is 13.5. The van der Waals surface area contributed by atoms with E-state index >= 15 is 0 Å². The molecule has 0 radical (unpaired) electrons. The van der Waals surface area contributed by atoms with Crippen molar-refractivity contribution in [3.8, 4) is 11.5 Å². The van der Waals surface area contributed by atoms with Gasteiger partial charge in [-0.2, -0.15) is 0 Å². The zero-order valence-electron chi connectivity index (χ0n) is 9.89. The van der Waals surface area contributed by atoms with Crippen LogP contribution in [0, 0.1) is 22.9 Å². The maximum Gasteiger partial charge on any atom is 0.311 e. The minimum absolute atomic E-state index is 0.0712. The van der Waals surface area contributed by atoms with Gasteiger partial charge in [0, 0.05) is 12.1 Å². The summed E-state index contributed by atoms with van der Waals surface area (Å²) in [6.07, 6.45) is 0. The van der Waals surface area contributed by atoms with Crippen LogP contribution in [0.15, 0.2) is 40.9 Å². The second-order valence-corrected chi connectivity index (χ2v) is 4.76. The first-order valence-electron chi connectivity index (χ1n) is 5.35. The predicted molar refractivity (Wildman–Crippen MR) is 72.0 cm³/mol. The number of benzene rings is 2. The Bertz CT molecular complexity index is 646. The van der Waals surface area contributed by atoms with Gasteiger partial charge in [0.1, 0.15) is 11.6 Å². The third kappa shape index (κ3) is 3.08. The summed E-state index contributed by atoms with van der Waals surface area (Å²) in [5.41, 5.74) is 0.591. The Hall–Kier alpha value is -1.95. The lowest BCUT2D eigenvalue weighted by Crippen LogP contribution is -1.95. The van der Waals surface area contributed by atoms with Gasteiger partial charge in [0.2, 0.25) is 5.75 Å². The number of halogens is 2. The third-order valence-corrected chi connectivity index (χ3v) is 3.08. The van der Waals surface area contributed by atoms with Crippen molar-refractivity contribution in [1.82, 2.24) is 0 Å². The number of nitro groups is 1. The van der Waals surface area contributed by atoms with Gasteiger partial charge in [-0.25, -0.2) is 4.39 Å². The number of hydrogen-bond donors (Lipinski definition) is 0. The lowest BCUT2D eigenvalue weighted by atomic mass is 10.2. The first-order valence-corrected chi connectivity index (χ1v) is 6.14. The molecule has 0 aliphatic heterocycles. The Balaban J connectivity index is 2.43. The molecule has 0 amide bonds. The molecule has 0 bridgehead atoms. The highest BCUT2D eigenvalue weighted by molar-refractivity contribution is 9.10. The molecule has 6 heteroatoms. The summed E-state index contributed by atoms with van der Waals surface area (Å²) in [5, 5.41) is 11.0. The fourth-order valence-electron chi connectivity index (χ4n) is 1.53. The summed E-state index contributed by atoms with van der Waals surface area (Å²) in [5.74, 6) is -0.221. The summed E-state index contributed by atoms with van der Waals surface area (Å²) < 4.78 is 19.1. The minimum atomic E-state index is -0.532. The average Bonchev–Trinajstić information content (AvgIpc) is 2.35. The van der Waals surface area contributed by atoms with Crippen molar-refractivity contribution >= 4 is 21.6 Å². The van der Waals surface area contributed by atoms with Crippen molar-refractivity contribution in [2.24, 2.45) is 0 Å². The highest BCUT2D eigenvalue weighted by atomic mass is 79.9. The molecule has 0 fully saturated rings. The molecule has 2 rings (SSSR count). The van der Waals surface area contributed by atoms with E-state index in [0.29, 0.717) is 4.47 Å². The second kappa shape index (κ2) is 5.36. The molecule has 0 atom stereocenters. The third-order valence-electron chi connectivity index (χ3n) is 2.42. The van der Waals surface area contributed by atoms with Crippen LogP contribution in [0.5, 0.6) is 11.5 Å². The van der Waals surface area contributed by atoms with Crippen LogP contribution < -0.4 is 4.74 Å². The van der Waals surface area contributed by atoms with E-state index < -0.39 is 10.7 Å². The van der Waals surface area contributed by atoms with E-state index in [1.165, 1.54) is 24.3 Å². The summed E-state index contributed by atoms with van der Waals surface area (Å²) in [6, 6.07) is 8.49. The fourth-order valence-corrected chi connectivity index (χ4v) is 1.86. The molecule has 2 aromatic carbocycles. The van der Waals surface area contributed by atoms with Crippen LogP contribution in [-0.2, 0) is 0 Å². The smallest absolute Gasteiger partial charge is 0.311 e. The van der Waals surface area contributed by atoms with Crippen molar-refractivity contribution in [2.75, 3.05) is 0 Å². The maximum atomic E-state index is 13.1. The van der Waals surface area contributed by atoms with E-state index in [1.807, 2.05) is 0 Å². The van der Waals surface area contributed by atoms with Crippen LogP contribution >= 0.6 is 15.9 Å². The van der Waals surface area contributed by atoms with Gasteiger partial charge in [-0.15, -0.1) is 0 Å². The van der Waals surface area contributed by atoms with Gasteiger partial charge >= 0.3 is 5.69 Å². The molecule has 0 aliphatic rings. The van der Waals surface area contributed by atoms with Gasteiger partial charge in [-0.1, -0.05) is 6.07 Å². The van der Waals surface area contributed by atoms with E-state index in [9.17, 15) is 14.5 Å². The van der Waals surface area contributed by atoms with E-state index in [-0.39, 0.29) is 17.2 Å². The van der Waals surface area contributed by atoms with Gasteiger partial charge in [0.05, 0.1) is 9.40 Å². The summed E-state index contributed by atoms with van der Waals surface area (Å²) in [7, 11) is 0. The Morgan fingerprint density at radius 2 is 1.95 bits per heavy atom. The molecular weight excluding hydrogens is 317 g/mol. The van der Waals surface area contributed by atoms with Crippen molar-refractivity contribution in [3.63, 3.8) is 0 Å². The van der Waals surface area contributed by atoms with Crippen LogP contribution in [0.1, 0.15) is 5.56 Å². The van der Waals surface area contributed by atoms with Gasteiger partial charge < -0.3 is 4.74 Å². The molecule has 0 N–H and O–H groups in total. The Morgan fingerprint density at radius 1 is 1.21 bits per heavy atom. The molecule has 0 heterocycles. The van der Waals surface area contributed by atoms with E-state index in [1.54, 1.807) is 13.0 Å². The molecule has 19 heavy (non-hydrogen) atoms. The first-order chi connectivity index (χ1) is 8.97. The van der Waals surface area contributed by atoms with Crippen molar-refractivity contribution in [2.45, 2.75) is 6.92 Å². The molecule has 0 aliphatic carbocycles. The molecule has 98 valence electrons. The average molecular weight is 326 g/mol. The van der Waals surface area contributed by atoms with Crippen molar-refractivity contribution < 1.29 is 14.1 Å². The molecule has 0 unspecified atom stereocenters. The number of rotatable bonds is 3. The normalized spacial score (nSPS) is 10.3. The Labute approximate surface area is 117 Å². The SMILES string of the molecule is Cc1ccc(Oc2cc(F)ccc2Br)c([N+](=O)[O-])c1. The lowest BCUT2D eigenvalue weighted by Gasteiger charge is -2.08. The lowest BCUT2D eigenvalue weighted by molar-refractivity contribution is -0.385. The quantitative estimate of drug-likeness (QED) is 0.612. The van der Waals surface area contributed by atoms with Crippen LogP contribution in [0.3, 0.4) is 0 Å². The summed E-state index contributed by atoms with van der Waals surface area (Å²) in [4.78, 5) is 10.4. The summed E-state index contributed by atoms with van der Waals surface area (Å²) in [6.45, 7) is 1.74. The molecule has 0 saturated carbocycles. The van der Waals surface area contributed by atoms with Crippen LogP contribution in [0.2, 0.25) is 0 Å². The Morgan fingerprint density at radius 3 is 2.63 bits per heavy atom. The van der Waals surface area contributed by atoms with Gasteiger partial charge in [0.25, 0.3) is 0 Å². The number of nitrogens with zero attached hydrogens (tertiary/aromatic N) is 1. The zero-order chi connectivity index (χ0) is 14.0. The minimum Gasteiger partial charge on any atom is -0.449 e. The Kier molecular flexibility index (Phi) is 3.80. The summed E-state index contributed by atoms with van der Waals surface area (Å²) >= 11 is 3.20. The van der Waals surface area contributed by atoms with E-state index in [4.69, 9.17) is 4.74 Å². The molecule has 4 nitrogen and oxygen atoms in total. The van der Waals surface area contributed by atoms with Crippen molar-refractivity contribution in [3.05, 3.63) is 62.4 Å². The highest BCUT2D eigenvalue weighted by Crippen LogP contribution is 2.35. The maximum absolute atomic E-state index is 13.1. The van der Waals surface area contributed by atoms with E-state index in [0.717, 1.165) is 11.6 Å². The van der Waals surface area contributed by atoms with Gasteiger partial charge in [-0.3, -0.25) is 10.1 Å². The molecule has 2 aromatic rings. The topological polar surface area (TPSA) is 52.4 Å². The molecule has 0 aromatic heterocycles. The monoisotopic (exact) mass is 325 g/mol. The second-order valence-electron chi connectivity index (χ2n) is 3.91. The number of aryl methyl sites for hydroxylation is 1. The van der Waals surface area contributed by atoms with Crippen LogP contribution in [-0.4, -0.2) is 4.92 Å². The number of nitro benzene ring substituents is 1. The highest BCUT2D eigenvalue weighted by Gasteiger charge is 2.17. The number of hydrogen-bond acceptors (Lipinski definition) is 3. The van der Waals surface area contributed by atoms with Crippen LogP contribution in [0.25, 0.3) is 0 Å². The molecule has 0 spiro atoms. The standard InChI is InChI=1S/C13H9BrFNO3/c1-8-2-5-12(11(6-8)16(17)18)19-13-7-9(15)3-4-10(13)14/h2-7H,1H3. The van der Waals surface area contributed by atoms with Gasteiger partial charge in [0.15, 0.2) is 0 Å². The molecule has 0 saturated heterocycles.